The third-order valence-electron chi connectivity index (χ3n) is 4.02. The number of ether oxygens (including phenoxy) is 1. The highest BCUT2D eigenvalue weighted by atomic mass is 79.9. The van der Waals surface area contributed by atoms with Crippen LogP contribution in [0, 0.1) is 10.1 Å². The second kappa shape index (κ2) is 9.62. The van der Waals surface area contributed by atoms with Crippen molar-refractivity contribution in [2.45, 2.75) is 6.54 Å². The number of nitro groups is 1. The highest BCUT2D eigenvalue weighted by molar-refractivity contribution is 9.11. The molecular formula is C19H12Br2N2O7S. The number of carbonyl (C=O) groups excluding carboxylic acids is 2. The molecule has 3 rings (SSSR count). The van der Waals surface area contributed by atoms with Crippen LogP contribution in [0.1, 0.15) is 11.1 Å². The zero-order valence-electron chi connectivity index (χ0n) is 15.4. The van der Waals surface area contributed by atoms with Crippen molar-refractivity contribution in [2.75, 3.05) is 6.61 Å². The first kappa shape index (κ1) is 23.0. The molecule has 0 saturated carbocycles. The molecule has 0 atom stereocenters. The van der Waals surface area contributed by atoms with Gasteiger partial charge in [-0.15, -0.1) is 0 Å². The van der Waals surface area contributed by atoms with E-state index in [0.29, 0.717) is 25.8 Å². The molecule has 12 heteroatoms. The number of aliphatic carboxylic acids is 1. The van der Waals surface area contributed by atoms with E-state index in [4.69, 9.17) is 9.84 Å². The van der Waals surface area contributed by atoms with Crippen LogP contribution >= 0.6 is 43.6 Å². The fourth-order valence-electron chi connectivity index (χ4n) is 2.63. The van der Waals surface area contributed by atoms with E-state index in [-0.39, 0.29) is 17.1 Å². The number of nitrogens with zero attached hydrogens (tertiary/aromatic N) is 2. The molecule has 1 heterocycles. The van der Waals surface area contributed by atoms with Crippen molar-refractivity contribution in [3.8, 4) is 5.75 Å². The standard InChI is InChI=1S/C19H12Br2N2O7S/c20-13-5-11(6-14(21)17(13)30-9-16(24)25)7-15-18(26)22(19(27)31-15)8-10-1-3-12(4-2-10)23(28)29/h1-7H,8-9H2,(H,24,25)/b15-7-. The number of hydrogen-bond acceptors (Lipinski definition) is 7. The zero-order valence-corrected chi connectivity index (χ0v) is 19.4. The van der Waals surface area contributed by atoms with E-state index in [0.717, 1.165) is 16.7 Å². The number of halogens is 2. The van der Waals surface area contributed by atoms with E-state index >= 15 is 0 Å². The fourth-order valence-corrected chi connectivity index (χ4v) is 4.92. The molecular weight excluding hydrogens is 560 g/mol. The van der Waals surface area contributed by atoms with Gasteiger partial charge in [-0.05, 0) is 73.0 Å². The third kappa shape index (κ3) is 5.51. The molecule has 1 aliphatic heterocycles. The van der Waals surface area contributed by atoms with Gasteiger partial charge < -0.3 is 9.84 Å². The topological polar surface area (TPSA) is 127 Å². The van der Waals surface area contributed by atoms with Crippen LogP contribution in [0.2, 0.25) is 0 Å². The molecule has 160 valence electrons. The lowest BCUT2D eigenvalue weighted by molar-refractivity contribution is -0.384. The van der Waals surface area contributed by atoms with Gasteiger partial charge in [-0.1, -0.05) is 12.1 Å². The molecule has 0 spiro atoms. The molecule has 1 aliphatic rings. The number of carboxylic acid groups (broad SMARTS) is 1. The first-order valence-electron chi connectivity index (χ1n) is 8.48. The Kier molecular flexibility index (Phi) is 7.13. The number of rotatable bonds is 7. The van der Waals surface area contributed by atoms with Crippen molar-refractivity contribution in [1.82, 2.24) is 4.90 Å². The van der Waals surface area contributed by atoms with E-state index in [1.165, 1.54) is 30.3 Å². The molecule has 2 aromatic carbocycles. The Hall–Kier alpha value is -2.70. The highest BCUT2D eigenvalue weighted by Crippen LogP contribution is 2.38. The number of amides is 2. The number of carboxylic acids is 1. The molecule has 0 bridgehead atoms. The average Bonchev–Trinajstić information content (AvgIpc) is 2.95. The Morgan fingerprint density at radius 1 is 1.19 bits per heavy atom. The molecule has 9 nitrogen and oxygen atoms in total. The van der Waals surface area contributed by atoms with Crippen LogP contribution < -0.4 is 4.74 Å². The van der Waals surface area contributed by atoms with Crippen molar-refractivity contribution in [1.29, 1.82) is 0 Å². The summed E-state index contributed by atoms with van der Waals surface area (Å²) in [5, 5.41) is 19.0. The molecule has 31 heavy (non-hydrogen) atoms. The Morgan fingerprint density at radius 3 is 2.35 bits per heavy atom. The third-order valence-corrected chi connectivity index (χ3v) is 6.11. The first-order valence-corrected chi connectivity index (χ1v) is 10.9. The maximum atomic E-state index is 12.7. The summed E-state index contributed by atoms with van der Waals surface area (Å²) in [4.78, 5) is 47.2. The molecule has 0 aromatic heterocycles. The van der Waals surface area contributed by atoms with Crippen LogP contribution in [-0.2, 0) is 16.1 Å². The van der Waals surface area contributed by atoms with Gasteiger partial charge >= 0.3 is 5.97 Å². The van der Waals surface area contributed by atoms with Gasteiger partial charge in [0.25, 0.3) is 16.8 Å². The van der Waals surface area contributed by atoms with Crippen LogP contribution in [0.15, 0.2) is 50.2 Å². The summed E-state index contributed by atoms with van der Waals surface area (Å²) in [5.41, 5.74) is 1.09. The van der Waals surface area contributed by atoms with E-state index in [1.54, 1.807) is 12.1 Å². The van der Waals surface area contributed by atoms with Crippen LogP contribution in [0.5, 0.6) is 5.75 Å². The van der Waals surface area contributed by atoms with Gasteiger partial charge in [0.05, 0.1) is 25.3 Å². The average molecular weight is 572 g/mol. The van der Waals surface area contributed by atoms with Gasteiger partial charge in [0.1, 0.15) is 5.75 Å². The van der Waals surface area contributed by atoms with Crippen LogP contribution in [-0.4, -0.2) is 38.7 Å². The monoisotopic (exact) mass is 570 g/mol. The van der Waals surface area contributed by atoms with Gasteiger partial charge in [0.15, 0.2) is 6.61 Å². The summed E-state index contributed by atoms with van der Waals surface area (Å²) in [6.07, 6.45) is 1.54. The number of imide groups is 1. The largest absolute Gasteiger partial charge is 0.480 e. The Balaban J connectivity index is 1.78. The SMILES string of the molecule is O=C(O)COc1c(Br)cc(/C=C2\SC(=O)N(Cc3ccc([N+](=O)[O-])cc3)C2=O)cc1Br. The molecule has 2 amide bonds. The normalized spacial score (nSPS) is 14.9. The van der Waals surface area contributed by atoms with Crippen LogP contribution in [0.3, 0.4) is 0 Å². The number of nitro benzene ring substituents is 1. The van der Waals surface area contributed by atoms with Crippen molar-refractivity contribution in [3.63, 3.8) is 0 Å². The molecule has 2 aromatic rings. The smallest absolute Gasteiger partial charge is 0.341 e. The van der Waals surface area contributed by atoms with Crippen LogP contribution in [0.25, 0.3) is 6.08 Å². The number of hydrogen-bond donors (Lipinski definition) is 1. The lowest BCUT2D eigenvalue weighted by Crippen LogP contribution is -2.27. The molecule has 1 N–H and O–H groups in total. The maximum absolute atomic E-state index is 12.7. The summed E-state index contributed by atoms with van der Waals surface area (Å²) in [7, 11) is 0. The summed E-state index contributed by atoms with van der Waals surface area (Å²) in [6.45, 7) is -0.520. The minimum atomic E-state index is -1.12. The highest BCUT2D eigenvalue weighted by Gasteiger charge is 2.35. The van der Waals surface area contributed by atoms with Crippen molar-refractivity contribution in [2.24, 2.45) is 0 Å². The predicted molar refractivity (Wildman–Crippen MR) is 120 cm³/mol. The molecule has 0 radical (unpaired) electrons. The fraction of sp³-hybridized carbons (Fsp3) is 0.105. The van der Waals surface area contributed by atoms with Gasteiger partial charge in [-0.3, -0.25) is 24.6 Å². The second-order valence-corrected chi connectivity index (χ2v) is 8.89. The lowest BCUT2D eigenvalue weighted by atomic mass is 10.2. The molecule has 0 aliphatic carbocycles. The number of benzene rings is 2. The minimum absolute atomic E-state index is 0.00461. The summed E-state index contributed by atoms with van der Waals surface area (Å²) >= 11 is 7.39. The maximum Gasteiger partial charge on any atom is 0.341 e. The van der Waals surface area contributed by atoms with E-state index in [2.05, 4.69) is 31.9 Å². The van der Waals surface area contributed by atoms with Gasteiger partial charge in [0, 0.05) is 12.1 Å². The van der Waals surface area contributed by atoms with Gasteiger partial charge in [-0.2, -0.15) is 0 Å². The van der Waals surface area contributed by atoms with E-state index in [1.807, 2.05) is 0 Å². The Bertz CT molecular complexity index is 1100. The van der Waals surface area contributed by atoms with Gasteiger partial charge in [0.2, 0.25) is 0 Å². The zero-order chi connectivity index (χ0) is 22.7. The van der Waals surface area contributed by atoms with Gasteiger partial charge in [-0.25, -0.2) is 4.79 Å². The summed E-state index contributed by atoms with van der Waals surface area (Å²) in [6, 6.07) is 8.88. The quantitative estimate of drug-likeness (QED) is 0.285. The summed E-state index contributed by atoms with van der Waals surface area (Å²) < 4.78 is 6.15. The predicted octanol–water partition coefficient (Wildman–Crippen LogP) is 4.82. The van der Waals surface area contributed by atoms with Crippen molar-refractivity contribution in [3.05, 3.63) is 71.5 Å². The number of thioether (sulfide) groups is 1. The summed E-state index contributed by atoms with van der Waals surface area (Å²) in [5.74, 6) is -1.30. The first-order chi connectivity index (χ1) is 14.7. The second-order valence-electron chi connectivity index (χ2n) is 6.19. The van der Waals surface area contributed by atoms with Crippen molar-refractivity contribution < 1.29 is 29.2 Å². The molecule has 1 fully saturated rings. The lowest BCUT2D eigenvalue weighted by Gasteiger charge is -2.12. The number of non-ortho nitro benzene ring substituents is 1. The van der Waals surface area contributed by atoms with Crippen LogP contribution in [0.4, 0.5) is 10.5 Å². The van der Waals surface area contributed by atoms with E-state index < -0.39 is 28.6 Å². The number of carbonyl (C=O) groups is 3. The minimum Gasteiger partial charge on any atom is -0.480 e. The van der Waals surface area contributed by atoms with Crippen molar-refractivity contribution >= 4 is 72.5 Å². The molecule has 0 unspecified atom stereocenters. The Labute approximate surface area is 196 Å². The van der Waals surface area contributed by atoms with E-state index in [9.17, 15) is 24.5 Å². The Morgan fingerprint density at radius 2 is 1.81 bits per heavy atom. The molecule has 1 saturated heterocycles.